The summed E-state index contributed by atoms with van der Waals surface area (Å²) in [6.07, 6.45) is 3.34. The Morgan fingerprint density at radius 2 is 1.77 bits per heavy atom. The summed E-state index contributed by atoms with van der Waals surface area (Å²) in [5.74, 6) is 1.63. The first-order valence-corrected chi connectivity index (χ1v) is 11.3. The van der Waals surface area contributed by atoms with E-state index < -0.39 is 0 Å². The second kappa shape index (κ2) is 8.83. The highest BCUT2D eigenvalue weighted by Gasteiger charge is 2.33. The number of aromatic nitrogens is 2. The van der Waals surface area contributed by atoms with Crippen LogP contribution in [0.1, 0.15) is 92.8 Å². The van der Waals surface area contributed by atoms with Gasteiger partial charge in [0.05, 0.1) is 11.4 Å². The van der Waals surface area contributed by atoms with Gasteiger partial charge in [-0.1, -0.05) is 45.9 Å². The number of rotatable bonds is 6. The summed E-state index contributed by atoms with van der Waals surface area (Å²) in [5, 5.41) is 4.61. The van der Waals surface area contributed by atoms with Gasteiger partial charge in [-0.25, -0.2) is 4.79 Å². The quantitative estimate of drug-likeness (QED) is 0.659. The lowest BCUT2D eigenvalue weighted by Crippen LogP contribution is -2.40. The summed E-state index contributed by atoms with van der Waals surface area (Å²) < 4.78 is 1.99. The third-order valence-electron chi connectivity index (χ3n) is 6.83. The highest BCUT2D eigenvalue weighted by molar-refractivity contribution is 5.93. The van der Waals surface area contributed by atoms with Gasteiger partial charge >= 0.3 is 6.03 Å². The van der Waals surface area contributed by atoms with Gasteiger partial charge in [0.25, 0.3) is 0 Å². The molecule has 1 heterocycles. The molecule has 2 N–H and O–H groups in total. The average molecular weight is 411 g/mol. The standard InChI is InChI=1S/C25H38N4O/c1-15(2)21-9-8-10-22(16(3)4)24(21)29(25(26)30)14-19-11-12-20(13-19)23-17(5)27-28(7)18(23)6/h8-10,15-16,19-20H,11-14H2,1-7H3,(H2,26,30). The molecule has 1 aliphatic rings. The van der Waals surface area contributed by atoms with Crippen molar-refractivity contribution in [2.75, 3.05) is 11.4 Å². The van der Waals surface area contributed by atoms with Gasteiger partial charge in [-0.3, -0.25) is 9.58 Å². The molecule has 1 aliphatic carbocycles. The number of carbonyl (C=O) groups excluding carboxylic acids is 1. The molecule has 2 atom stereocenters. The summed E-state index contributed by atoms with van der Waals surface area (Å²) in [4.78, 5) is 14.5. The monoisotopic (exact) mass is 410 g/mol. The molecule has 5 heteroatoms. The Bertz CT molecular complexity index is 886. The number of nitrogens with two attached hydrogens (primary N) is 1. The van der Waals surface area contributed by atoms with Gasteiger partial charge in [0.1, 0.15) is 0 Å². The van der Waals surface area contributed by atoms with E-state index in [1.54, 1.807) is 0 Å². The zero-order chi connectivity index (χ0) is 22.2. The van der Waals surface area contributed by atoms with Gasteiger partial charge in [-0.2, -0.15) is 5.10 Å². The number of nitrogens with zero attached hydrogens (tertiary/aromatic N) is 3. The van der Waals surface area contributed by atoms with Crippen LogP contribution in [0.4, 0.5) is 10.5 Å². The lowest BCUT2D eigenvalue weighted by molar-refractivity contribution is 0.252. The van der Waals surface area contributed by atoms with E-state index in [1.165, 1.54) is 22.4 Å². The second-order valence-electron chi connectivity index (χ2n) is 9.63. The van der Waals surface area contributed by atoms with Crippen LogP contribution in [0.25, 0.3) is 0 Å². The molecule has 164 valence electrons. The van der Waals surface area contributed by atoms with Gasteiger partial charge in [0, 0.05) is 19.3 Å². The molecule has 3 rings (SSSR count). The van der Waals surface area contributed by atoms with Crippen LogP contribution in [0.2, 0.25) is 0 Å². The fraction of sp³-hybridized carbons (Fsp3) is 0.600. The topological polar surface area (TPSA) is 64.2 Å². The number of hydrogen-bond donors (Lipinski definition) is 1. The van der Waals surface area contributed by atoms with Crippen molar-refractivity contribution >= 4 is 11.7 Å². The van der Waals surface area contributed by atoms with Crippen molar-refractivity contribution in [3.8, 4) is 0 Å². The maximum atomic E-state index is 12.6. The number of urea groups is 1. The Labute approximate surface area is 181 Å². The van der Waals surface area contributed by atoms with Gasteiger partial charge in [-0.15, -0.1) is 0 Å². The first-order chi connectivity index (χ1) is 14.1. The van der Waals surface area contributed by atoms with Crippen LogP contribution in [0.15, 0.2) is 18.2 Å². The van der Waals surface area contributed by atoms with E-state index in [9.17, 15) is 4.79 Å². The number of hydrogen-bond acceptors (Lipinski definition) is 2. The zero-order valence-electron chi connectivity index (χ0n) is 19.7. The predicted octanol–water partition coefficient (Wildman–Crippen LogP) is 5.75. The van der Waals surface area contributed by atoms with Crippen LogP contribution in [0.3, 0.4) is 0 Å². The maximum absolute atomic E-state index is 12.6. The Morgan fingerprint density at radius 1 is 1.17 bits per heavy atom. The molecule has 0 radical (unpaired) electrons. The minimum Gasteiger partial charge on any atom is -0.351 e. The maximum Gasteiger partial charge on any atom is 0.319 e. The van der Waals surface area contributed by atoms with E-state index in [1.807, 2.05) is 16.6 Å². The summed E-state index contributed by atoms with van der Waals surface area (Å²) >= 11 is 0. The number of amides is 2. The Hall–Kier alpha value is -2.30. The largest absolute Gasteiger partial charge is 0.351 e. The summed E-state index contributed by atoms with van der Waals surface area (Å²) in [7, 11) is 2.02. The van der Waals surface area contributed by atoms with Crippen molar-refractivity contribution in [3.63, 3.8) is 0 Å². The SMILES string of the molecule is Cc1nn(C)c(C)c1C1CCC(CN(C(N)=O)c2c(C(C)C)cccc2C(C)C)C1. The first-order valence-electron chi connectivity index (χ1n) is 11.3. The molecule has 0 bridgehead atoms. The lowest BCUT2D eigenvalue weighted by Gasteiger charge is -2.31. The summed E-state index contributed by atoms with van der Waals surface area (Å²) in [6.45, 7) is 13.7. The van der Waals surface area contributed by atoms with Gasteiger partial charge < -0.3 is 5.73 Å². The lowest BCUT2D eigenvalue weighted by atomic mass is 9.91. The molecule has 2 amide bonds. The fourth-order valence-electron chi connectivity index (χ4n) is 5.26. The van der Waals surface area contributed by atoms with Gasteiger partial charge in [0.15, 0.2) is 0 Å². The number of carbonyl (C=O) groups is 1. The molecule has 0 saturated heterocycles. The molecule has 1 aromatic heterocycles. The Balaban J connectivity index is 1.89. The zero-order valence-corrected chi connectivity index (χ0v) is 19.7. The molecule has 1 fully saturated rings. The molecule has 0 aliphatic heterocycles. The van der Waals surface area contributed by atoms with Crippen LogP contribution in [0.5, 0.6) is 0 Å². The molecule has 1 saturated carbocycles. The molecular formula is C25H38N4O. The number of anilines is 1. The van der Waals surface area contributed by atoms with Crippen LogP contribution in [-0.4, -0.2) is 22.4 Å². The normalized spacial score (nSPS) is 19.1. The Kier molecular flexibility index (Phi) is 6.59. The van der Waals surface area contributed by atoms with E-state index in [0.717, 1.165) is 30.6 Å². The van der Waals surface area contributed by atoms with Gasteiger partial charge in [0.2, 0.25) is 0 Å². The average Bonchev–Trinajstić information content (AvgIpc) is 3.22. The van der Waals surface area contributed by atoms with Crippen molar-refractivity contribution in [2.24, 2.45) is 18.7 Å². The van der Waals surface area contributed by atoms with Crippen LogP contribution >= 0.6 is 0 Å². The molecule has 2 unspecified atom stereocenters. The minimum absolute atomic E-state index is 0.331. The van der Waals surface area contributed by atoms with Gasteiger partial charge in [-0.05, 0) is 73.5 Å². The molecule has 2 aromatic rings. The van der Waals surface area contributed by atoms with Crippen LogP contribution < -0.4 is 10.6 Å². The highest BCUT2D eigenvalue weighted by Crippen LogP contribution is 2.42. The van der Waals surface area contributed by atoms with Crippen molar-refractivity contribution in [2.45, 2.75) is 78.6 Å². The Morgan fingerprint density at radius 3 is 2.23 bits per heavy atom. The van der Waals surface area contributed by atoms with Crippen molar-refractivity contribution < 1.29 is 4.79 Å². The number of primary amides is 1. The molecule has 5 nitrogen and oxygen atoms in total. The number of para-hydroxylation sites is 1. The van der Waals surface area contributed by atoms with E-state index in [0.29, 0.717) is 30.2 Å². The third-order valence-corrected chi connectivity index (χ3v) is 6.83. The van der Waals surface area contributed by atoms with E-state index >= 15 is 0 Å². The third kappa shape index (κ3) is 4.26. The summed E-state index contributed by atoms with van der Waals surface area (Å²) in [5.41, 5.74) is 13.2. The fourth-order valence-corrected chi connectivity index (χ4v) is 5.26. The second-order valence-corrected chi connectivity index (χ2v) is 9.63. The van der Waals surface area contributed by atoms with E-state index in [4.69, 9.17) is 5.73 Å². The first kappa shape index (κ1) is 22.4. The molecular weight excluding hydrogens is 372 g/mol. The number of aryl methyl sites for hydroxylation is 2. The highest BCUT2D eigenvalue weighted by atomic mass is 16.2. The molecule has 0 spiro atoms. The molecule has 1 aromatic carbocycles. The predicted molar refractivity (Wildman–Crippen MR) is 124 cm³/mol. The smallest absolute Gasteiger partial charge is 0.319 e. The van der Waals surface area contributed by atoms with Crippen molar-refractivity contribution in [1.82, 2.24) is 9.78 Å². The van der Waals surface area contributed by atoms with Crippen LogP contribution in [-0.2, 0) is 7.05 Å². The summed E-state index contributed by atoms with van der Waals surface area (Å²) in [6, 6.07) is 6.04. The van der Waals surface area contributed by atoms with Crippen molar-refractivity contribution in [1.29, 1.82) is 0 Å². The van der Waals surface area contributed by atoms with Crippen LogP contribution in [0, 0.1) is 19.8 Å². The van der Waals surface area contributed by atoms with E-state index in [-0.39, 0.29) is 6.03 Å². The van der Waals surface area contributed by atoms with E-state index in [2.05, 4.69) is 64.8 Å². The number of benzene rings is 1. The van der Waals surface area contributed by atoms with Crippen molar-refractivity contribution in [3.05, 3.63) is 46.3 Å². The minimum atomic E-state index is -0.345. The molecule has 30 heavy (non-hydrogen) atoms.